The number of rotatable bonds is 5. The van der Waals surface area contributed by atoms with E-state index in [1.807, 2.05) is 19.9 Å². The monoisotopic (exact) mass is 262 g/mol. The molecule has 0 aliphatic carbocycles. The van der Waals surface area contributed by atoms with Crippen LogP contribution in [0.1, 0.15) is 31.4 Å². The molecule has 0 atom stereocenters. The molecule has 2 aromatic rings. The van der Waals surface area contributed by atoms with E-state index < -0.39 is 12.1 Å². The van der Waals surface area contributed by atoms with E-state index in [-0.39, 0.29) is 5.56 Å². The van der Waals surface area contributed by atoms with Crippen LogP contribution in [0.5, 0.6) is 0 Å². The minimum Gasteiger partial charge on any atom is -0.354 e. The van der Waals surface area contributed by atoms with Gasteiger partial charge in [0.15, 0.2) is 6.29 Å². The van der Waals surface area contributed by atoms with Gasteiger partial charge in [-0.15, -0.1) is 0 Å². The summed E-state index contributed by atoms with van der Waals surface area (Å²) < 4.78 is 24.5. The molecular formula is C14H15FN2O2. The number of hydrogen-bond acceptors (Lipinski definition) is 3. The second kappa shape index (κ2) is 5.83. The molecule has 0 spiro atoms. The second-order valence-corrected chi connectivity index (χ2v) is 4.00. The molecule has 19 heavy (non-hydrogen) atoms. The van der Waals surface area contributed by atoms with Crippen LogP contribution in [0.2, 0.25) is 0 Å². The van der Waals surface area contributed by atoms with Gasteiger partial charge in [-0.1, -0.05) is 0 Å². The highest BCUT2D eigenvalue weighted by Crippen LogP contribution is 2.25. The van der Waals surface area contributed by atoms with E-state index >= 15 is 0 Å². The fourth-order valence-electron chi connectivity index (χ4n) is 1.92. The van der Waals surface area contributed by atoms with Gasteiger partial charge in [0, 0.05) is 24.1 Å². The number of H-pyrrole nitrogens is 1. The van der Waals surface area contributed by atoms with Crippen LogP contribution in [0.4, 0.5) is 4.39 Å². The Kier molecular flexibility index (Phi) is 4.15. The van der Waals surface area contributed by atoms with Crippen molar-refractivity contribution in [1.29, 1.82) is 5.26 Å². The molecule has 0 aliphatic heterocycles. The van der Waals surface area contributed by atoms with Crippen molar-refractivity contribution >= 4 is 10.9 Å². The number of benzene rings is 1. The van der Waals surface area contributed by atoms with Crippen LogP contribution >= 0.6 is 0 Å². The third-order valence-corrected chi connectivity index (χ3v) is 2.74. The molecule has 1 N–H and O–H groups in total. The Morgan fingerprint density at radius 3 is 2.53 bits per heavy atom. The lowest BCUT2D eigenvalue weighted by Gasteiger charge is -2.15. The van der Waals surface area contributed by atoms with Crippen LogP contribution in [-0.2, 0) is 9.47 Å². The van der Waals surface area contributed by atoms with Crippen LogP contribution in [-0.4, -0.2) is 18.2 Å². The molecule has 4 nitrogen and oxygen atoms in total. The van der Waals surface area contributed by atoms with E-state index in [1.54, 1.807) is 6.07 Å². The summed E-state index contributed by atoms with van der Waals surface area (Å²) in [6.07, 6.45) is -0.504. The second-order valence-electron chi connectivity index (χ2n) is 4.00. The number of nitriles is 1. The lowest BCUT2D eigenvalue weighted by Crippen LogP contribution is -2.08. The molecular weight excluding hydrogens is 247 g/mol. The number of hydrogen-bond donors (Lipinski definition) is 1. The molecule has 0 saturated heterocycles. The van der Waals surface area contributed by atoms with Gasteiger partial charge in [-0.05, 0) is 32.0 Å². The number of nitrogens with one attached hydrogen (secondary N) is 1. The topological polar surface area (TPSA) is 58.0 Å². The number of fused-ring (bicyclic) bond motifs is 1. The van der Waals surface area contributed by atoms with Crippen molar-refractivity contribution in [3.8, 4) is 6.07 Å². The lowest BCUT2D eigenvalue weighted by atomic mass is 10.1. The van der Waals surface area contributed by atoms with Crippen molar-refractivity contribution in [2.75, 3.05) is 13.2 Å². The first-order valence-electron chi connectivity index (χ1n) is 6.15. The molecule has 0 aliphatic rings. The third kappa shape index (κ3) is 2.75. The average molecular weight is 262 g/mol. The smallest absolute Gasteiger partial charge is 0.198 e. The highest BCUT2D eigenvalue weighted by molar-refractivity contribution is 5.82. The Labute approximate surface area is 110 Å². The zero-order valence-corrected chi connectivity index (χ0v) is 10.9. The minimum atomic E-state index is -0.523. The quantitative estimate of drug-likeness (QED) is 0.841. The van der Waals surface area contributed by atoms with Crippen LogP contribution < -0.4 is 0 Å². The Morgan fingerprint density at radius 1 is 1.26 bits per heavy atom. The van der Waals surface area contributed by atoms with E-state index in [0.717, 1.165) is 0 Å². The number of nitrogens with zero attached hydrogens (tertiary/aromatic N) is 1. The third-order valence-electron chi connectivity index (χ3n) is 2.74. The summed E-state index contributed by atoms with van der Waals surface area (Å²) in [6, 6.07) is 6.42. The van der Waals surface area contributed by atoms with Gasteiger partial charge in [-0.2, -0.15) is 5.26 Å². The Balaban J connectivity index is 2.42. The van der Waals surface area contributed by atoms with Gasteiger partial charge in [0.25, 0.3) is 0 Å². The SMILES string of the molecule is CCOC(OCC)c1cc2cc(F)c(C#N)cc2[nH]1. The van der Waals surface area contributed by atoms with Crippen LogP contribution in [0.3, 0.4) is 0 Å². The van der Waals surface area contributed by atoms with Crippen LogP contribution in [0.15, 0.2) is 18.2 Å². The molecule has 0 amide bonds. The number of aromatic nitrogens is 1. The van der Waals surface area contributed by atoms with E-state index in [4.69, 9.17) is 14.7 Å². The van der Waals surface area contributed by atoms with Crippen molar-refractivity contribution in [2.24, 2.45) is 0 Å². The molecule has 0 bridgehead atoms. The number of ether oxygens (including phenoxy) is 2. The molecule has 1 aromatic heterocycles. The molecule has 2 rings (SSSR count). The van der Waals surface area contributed by atoms with Crippen molar-refractivity contribution in [1.82, 2.24) is 4.98 Å². The fourth-order valence-corrected chi connectivity index (χ4v) is 1.92. The number of aromatic amines is 1. The zero-order valence-electron chi connectivity index (χ0n) is 10.9. The zero-order chi connectivity index (χ0) is 13.8. The average Bonchev–Trinajstić information content (AvgIpc) is 2.80. The summed E-state index contributed by atoms with van der Waals surface area (Å²) in [4.78, 5) is 3.10. The van der Waals surface area contributed by atoms with Gasteiger partial charge < -0.3 is 14.5 Å². The standard InChI is InChI=1S/C14H15FN2O2/c1-3-18-14(19-4-2)13-6-9-5-11(15)10(8-16)7-12(9)17-13/h5-7,14,17H,3-4H2,1-2H3. The van der Waals surface area contributed by atoms with Gasteiger partial charge in [0.2, 0.25) is 0 Å². The van der Waals surface area contributed by atoms with Crippen LogP contribution in [0, 0.1) is 17.1 Å². The summed E-state index contributed by atoms with van der Waals surface area (Å²) in [5.41, 5.74) is 1.43. The lowest BCUT2D eigenvalue weighted by molar-refractivity contribution is -0.142. The van der Waals surface area contributed by atoms with Crippen molar-refractivity contribution < 1.29 is 13.9 Å². The normalized spacial score (nSPS) is 11.1. The van der Waals surface area contributed by atoms with E-state index in [9.17, 15) is 4.39 Å². The summed E-state index contributed by atoms with van der Waals surface area (Å²) in [7, 11) is 0. The van der Waals surface area contributed by atoms with Gasteiger partial charge in [-0.25, -0.2) is 4.39 Å². The predicted octanol–water partition coefficient (Wildman–Crippen LogP) is 3.25. The molecule has 1 heterocycles. The predicted molar refractivity (Wildman–Crippen MR) is 69.0 cm³/mol. The maximum atomic E-state index is 13.5. The fraction of sp³-hybridized carbons (Fsp3) is 0.357. The maximum Gasteiger partial charge on any atom is 0.198 e. The molecule has 0 unspecified atom stereocenters. The summed E-state index contributed by atoms with van der Waals surface area (Å²) in [6.45, 7) is 4.78. The maximum absolute atomic E-state index is 13.5. The van der Waals surface area contributed by atoms with Gasteiger partial charge in [0.1, 0.15) is 11.9 Å². The van der Waals surface area contributed by atoms with E-state index in [0.29, 0.717) is 29.8 Å². The first kappa shape index (κ1) is 13.5. The van der Waals surface area contributed by atoms with Crippen molar-refractivity contribution in [2.45, 2.75) is 20.1 Å². The minimum absolute atomic E-state index is 0.0188. The Morgan fingerprint density at radius 2 is 1.95 bits per heavy atom. The Hall–Kier alpha value is -1.90. The first-order valence-corrected chi connectivity index (χ1v) is 6.15. The molecule has 0 saturated carbocycles. The molecule has 1 aromatic carbocycles. The van der Waals surface area contributed by atoms with Crippen molar-refractivity contribution in [3.63, 3.8) is 0 Å². The van der Waals surface area contributed by atoms with Crippen LogP contribution in [0.25, 0.3) is 10.9 Å². The van der Waals surface area contributed by atoms with E-state index in [1.165, 1.54) is 12.1 Å². The largest absolute Gasteiger partial charge is 0.354 e. The molecule has 100 valence electrons. The van der Waals surface area contributed by atoms with Gasteiger partial charge in [0.05, 0.1) is 11.3 Å². The van der Waals surface area contributed by atoms with Gasteiger partial charge >= 0.3 is 0 Å². The molecule has 0 fully saturated rings. The molecule has 0 radical (unpaired) electrons. The molecule has 5 heteroatoms. The number of halogens is 1. The summed E-state index contributed by atoms with van der Waals surface area (Å²) >= 11 is 0. The Bertz CT molecular complexity index is 610. The summed E-state index contributed by atoms with van der Waals surface area (Å²) in [5.74, 6) is -0.523. The van der Waals surface area contributed by atoms with E-state index in [2.05, 4.69) is 4.98 Å². The first-order chi connectivity index (χ1) is 9.19. The highest BCUT2D eigenvalue weighted by Gasteiger charge is 2.15. The van der Waals surface area contributed by atoms with Gasteiger partial charge in [-0.3, -0.25) is 0 Å². The summed E-state index contributed by atoms with van der Waals surface area (Å²) in [5, 5.41) is 9.50. The highest BCUT2D eigenvalue weighted by atomic mass is 19.1. The van der Waals surface area contributed by atoms with Crippen molar-refractivity contribution in [3.05, 3.63) is 35.3 Å².